The van der Waals surface area contributed by atoms with Gasteiger partial charge in [0.15, 0.2) is 0 Å². The monoisotopic (exact) mass is 286 g/mol. The van der Waals surface area contributed by atoms with E-state index in [1.54, 1.807) is 12.1 Å². The molecule has 6 nitrogen and oxygen atoms in total. The van der Waals surface area contributed by atoms with Crippen LogP contribution in [-0.2, 0) is 10.0 Å². The molecule has 0 aliphatic rings. The van der Waals surface area contributed by atoms with E-state index in [0.717, 1.165) is 32.4 Å². The molecule has 0 radical (unpaired) electrons. The predicted molar refractivity (Wildman–Crippen MR) is 76.5 cm³/mol. The molecule has 0 fully saturated rings. The Morgan fingerprint density at radius 1 is 1.26 bits per heavy atom. The lowest BCUT2D eigenvalue weighted by molar-refractivity contribution is 0.520. The van der Waals surface area contributed by atoms with Gasteiger partial charge in [-0.1, -0.05) is 6.42 Å². The maximum Gasteiger partial charge on any atom is 0.244 e. The second-order valence-electron chi connectivity index (χ2n) is 4.44. The third kappa shape index (κ3) is 4.77. The van der Waals surface area contributed by atoms with E-state index < -0.39 is 10.0 Å². The number of nitrogens with one attached hydrogen (secondary N) is 1. The molecular formula is C12H22N4O2S. The van der Waals surface area contributed by atoms with E-state index in [-0.39, 0.29) is 4.90 Å². The number of rotatable bonds is 8. The summed E-state index contributed by atoms with van der Waals surface area (Å²) in [5, 5.41) is 3.15. The van der Waals surface area contributed by atoms with Crippen LogP contribution in [0.15, 0.2) is 23.2 Å². The number of aromatic nitrogens is 1. The van der Waals surface area contributed by atoms with Crippen molar-refractivity contribution in [3.63, 3.8) is 0 Å². The highest BCUT2D eigenvalue weighted by molar-refractivity contribution is 7.89. The molecule has 0 aliphatic heterocycles. The summed E-state index contributed by atoms with van der Waals surface area (Å²) in [5.74, 6) is 0.686. The Hall–Kier alpha value is -1.18. The summed E-state index contributed by atoms with van der Waals surface area (Å²) in [6.45, 7) is 1.53. The topological polar surface area (TPSA) is 88.3 Å². The molecule has 108 valence electrons. The predicted octanol–water partition coefficient (Wildman–Crippen LogP) is 0.873. The molecule has 0 bridgehead atoms. The largest absolute Gasteiger partial charge is 0.370 e. The summed E-state index contributed by atoms with van der Waals surface area (Å²) < 4.78 is 24.8. The Kier molecular flexibility index (Phi) is 6.20. The van der Waals surface area contributed by atoms with Gasteiger partial charge in [0.25, 0.3) is 0 Å². The molecule has 1 rings (SSSR count). The van der Waals surface area contributed by atoms with Crippen molar-refractivity contribution in [2.45, 2.75) is 24.2 Å². The Morgan fingerprint density at radius 2 is 2.00 bits per heavy atom. The van der Waals surface area contributed by atoms with Gasteiger partial charge in [-0.05, 0) is 31.5 Å². The van der Waals surface area contributed by atoms with Crippen LogP contribution in [0.3, 0.4) is 0 Å². The number of sulfonamides is 1. The van der Waals surface area contributed by atoms with Crippen LogP contribution >= 0.6 is 0 Å². The van der Waals surface area contributed by atoms with Gasteiger partial charge in [-0.3, -0.25) is 0 Å². The molecule has 1 aromatic rings. The average Bonchev–Trinajstić information content (AvgIpc) is 2.39. The number of pyridine rings is 1. The van der Waals surface area contributed by atoms with E-state index in [1.165, 1.54) is 24.6 Å². The lowest BCUT2D eigenvalue weighted by Crippen LogP contribution is -2.22. The highest BCUT2D eigenvalue weighted by Crippen LogP contribution is 2.13. The van der Waals surface area contributed by atoms with Crippen LogP contribution < -0.4 is 11.1 Å². The first-order valence-corrected chi connectivity index (χ1v) is 7.75. The first kappa shape index (κ1) is 15.9. The number of anilines is 1. The van der Waals surface area contributed by atoms with Gasteiger partial charge < -0.3 is 11.1 Å². The molecule has 0 saturated carbocycles. The van der Waals surface area contributed by atoms with Crippen LogP contribution in [0.5, 0.6) is 0 Å². The molecule has 0 unspecified atom stereocenters. The van der Waals surface area contributed by atoms with Gasteiger partial charge in [0.2, 0.25) is 10.0 Å². The van der Waals surface area contributed by atoms with Crippen LogP contribution in [-0.4, -0.2) is 44.9 Å². The van der Waals surface area contributed by atoms with Crippen LogP contribution in [0.1, 0.15) is 19.3 Å². The maximum absolute atomic E-state index is 11.8. The zero-order valence-electron chi connectivity index (χ0n) is 11.5. The van der Waals surface area contributed by atoms with Crippen LogP contribution in [0, 0.1) is 0 Å². The van der Waals surface area contributed by atoms with Crippen LogP contribution in [0.4, 0.5) is 5.82 Å². The molecule has 0 atom stereocenters. The van der Waals surface area contributed by atoms with Crippen molar-refractivity contribution in [2.75, 3.05) is 32.5 Å². The van der Waals surface area contributed by atoms with E-state index >= 15 is 0 Å². The van der Waals surface area contributed by atoms with Crippen molar-refractivity contribution >= 4 is 15.8 Å². The SMILES string of the molecule is CN(C)S(=O)(=O)c1ccc(NCCCCCN)nc1. The average molecular weight is 286 g/mol. The fraction of sp³-hybridized carbons (Fsp3) is 0.583. The molecule has 0 spiro atoms. The van der Waals surface area contributed by atoms with E-state index in [2.05, 4.69) is 10.3 Å². The third-order valence-electron chi connectivity index (χ3n) is 2.70. The van der Waals surface area contributed by atoms with Crippen molar-refractivity contribution in [1.29, 1.82) is 0 Å². The molecule has 1 heterocycles. The van der Waals surface area contributed by atoms with Crippen LogP contribution in [0.2, 0.25) is 0 Å². The molecule has 0 aliphatic carbocycles. The smallest absolute Gasteiger partial charge is 0.244 e. The Bertz CT molecular complexity index is 471. The van der Waals surface area contributed by atoms with Crippen molar-refractivity contribution in [3.8, 4) is 0 Å². The van der Waals surface area contributed by atoms with E-state index in [9.17, 15) is 8.42 Å². The first-order chi connectivity index (χ1) is 8.98. The number of nitrogens with zero attached hydrogens (tertiary/aromatic N) is 2. The lowest BCUT2D eigenvalue weighted by Gasteiger charge is -2.11. The van der Waals surface area contributed by atoms with Crippen molar-refractivity contribution in [1.82, 2.24) is 9.29 Å². The molecular weight excluding hydrogens is 264 g/mol. The Balaban J connectivity index is 2.53. The number of nitrogens with two attached hydrogens (primary N) is 1. The molecule has 7 heteroatoms. The fourth-order valence-corrected chi connectivity index (χ4v) is 2.36. The van der Waals surface area contributed by atoms with Crippen LogP contribution in [0.25, 0.3) is 0 Å². The third-order valence-corrected chi connectivity index (χ3v) is 4.50. The molecule has 3 N–H and O–H groups in total. The van der Waals surface area contributed by atoms with Crippen molar-refractivity contribution in [2.24, 2.45) is 5.73 Å². The maximum atomic E-state index is 11.8. The van der Waals surface area contributed by atoms with E-state index in [1.807, 2.05) is 0 Å². The zero-order chi connectivity index (χ0) is 14.3. The molecule has 1 aromatic heterocycles. The first-order valence-electron chi connectivity index (χ1n) is 6.31. The second-order valence-corrected chi connectivity index (χ2v) is 6.59. The zero-order valence-corrected chi connectivity index (χ0v) is 12.3. The lowest BCUT2D eigenvalue weighted by atomic mass is 10.2. The quantitative estimate of drug-likeness (QED) is 0.692. The number of hydrogen-bond donors (Lipinski definition) is 2. The molecule has 0 amide bonds. The van der Waals surface area contributed by atoms with Gasteiger partial charge in [-0.2, -0.15) is 0 Å². The number of unbranched alkanes of at least 4 members (excludes halogenated alkanes) is 2. The highest BCUT2D eigenvalue weighted by atomic mass is 32.2. The van der Waals surface area contributed by atoms with Gasteiger partial charge in [-0.15, -0.1) is 0 Å². The molecule has 0 saturated heterocycles. The van der Waals surface area contributed by atoms with Crippen molar-refractivity contribution in [3.05, 3.63) is 18.3 Å². The van der Waals surface area contributed by atoms with Crippen molar-refractivity contribution < 1.29 is 8.42 Å². The summed E-state index contributed by atoms with van der Waals surface area (Å²) in [4.78, 5) is 4.30. The standard InChI is InChI=1S/C12H22N4O2S/c1-16(2)19(17,18)11-6-7-12(15-10-11)14-9-5-3-4-8-13/h6-7,10H,3-5,8-9,13H2,1-2H3,(H,14,15). The second kappa shape index (κ2) is 7.42. The van der Waals surface area contributed by atoms with E-state index in [4.69, 9.17) is 5.73 Å². The highest BCUT2D eigenvalue weighted by Gasteiger charge is 2.17. The van der Waals surface area contributed by atoms with Gasteiger partial charge in [0.05, 0.1) is 0 Å². The minimum atomic E-state index is -3.40. The summed E-state index contributed by atoms with van der Waals surface area (Å²) in [5.41, 5.74) is 5.41. The Labute approximate surface area is 115 Å². The molecule has 19 heavy (non-hydrogen) atoms. The van der Waals surface area contributed by atoms with Gasteiger partial charge >= 0.3 is 0 Å². The summed E-state index contributed by atoms with van der Waals surface area (Å²) in [6.07, 6.45) is 4.50. The van der Waals surface area contributed by atoms with E-state index in [0.29, 0.717) is 5.82 Å². The summed E-state index contributed by atoms with van der Waals surface area (Å²) >= 11 is 0. The minimum Gasteiger partial charge on any atom is -0.370 e. The van der Waals surface area contributed by atoms with Gasteiger partial charge in [0.1, 0.15) is 10.7 Å². The molecule has 0 aromatic carbocycles. The Morgan fingerprint density at radius 3 is 2.53 bits per heavy atom. The normalized spacial score (nSPS) is 11.8. The summed E-state index contributed by atoms with van der Waals surface area (Å²) in [6, 6.07) is 3.24. The number of hydrogen-bond acceptors (Lipinski definition) is 5. The fourth-order valence-electron chi connectivity index (χ4n) is 1.51. The summed E-state index contributed by atoms with van der Waals surface area (Å²) in [7, 11) is -0.399. The van der Waals surface area contributed by atoms with Gasteiger partial charge in [0, 0.05) is 26.8 Å². The van der Waals surface area contributed by atoms with Gasteiger partial charge in [-0.25, -0.2) is 17.7 Å². The minimum absolute atomic E-state index is 0.200.